The number of amides is 1. The van der Waals surface area contributed by atoms with Crippen LogP contribution in [-0.4, -0.2) is 25.0 Å². The molecular formula is C14H12BrClN2O2. The van der Waals surface area contributed by atoms with Gasteiger partial charge in [-0.1, -0.05) is 17.7 Å². The van der Waals surface area contributed by atoms with Gasteiger partial charge in [0.2, 0.25) is 0 Å². The highest BCUT2D eigenvalue weighted by Crippen LogP contribution is 2.24. The molecule has 1 aromatic carbocycles. The van der Waals surface area contributed by atoms with E-state index in [2.05, 4.69) is 20.9 Å². The molecule has 4 nitrogen and oxygen atoms in total. The number of rotatable bonds is 3. The first-order valence-electron chi connectivity index (χ1n) is 5.76. The monoisotopic (exact) mass is 354 g/mol. The second kappa shape index (κ2) is 6.24. The molecule has 1 aromatic heterocycles. The average Bonchev–Trinajstić information content (AvgIpc) is 2.48. The lowest BCUT2D eigenvalue weighted by Crippen LogP contribution is -2.26. The first-order chi connectivity index (χ1) is 9.52. The van der Waals surface area contributed by atoms with Crippen LogP contribution in [0.25, 0.3) is 0 Å². The van der Waals surface area contributed by atoms with Gasteiger partial charge in [-0.05, 0) is 34.1 Å². The molecule has 0 N–H and O–H groups in total. The maximum Gasteiger partial charge on any atom is 0.261 e. The van der Waals surface area contributed by atoms with E-state index in [1.54, 1.807) is 32.5 Å². The van der Waals surface area contributed by atoms with Gasteiger partial charge in [0.25, 0.3) is 5.91 Å². The predicted octanol–water partition coefficient (Wildman–Crippen LogP) is 3.78. The van der Waals surface area contributed by atoms with E-state index in [0.717, 1.165) is 0 Å². The second-order valence-electron chi connectivity index (χ2n) is 4.06. The largest absolute Gasteiger partial charge is 0.497 e. The summed E-state index contributed by atoms with van der Waals surface area (Å²) in [4.78, 5) is 17.9. The molecule has 1 heterocycles. The van der Waals surface area contributed by atoms with Crippen LogP contribution in [0.4, 0.5) is 5.69 Å². The summed E-state index contributed by atoms with van der Waals surface area (Å²) in [6.07, 6.45) is 1.55. The zero-order valence-corrected chi connectivity index (χ0v) is 13.3. The number of hydrogen-bond acceptors (Lipinski definition) is 3. The van der Waals surface area contributed by atoms with Gasteiger partial charge in [0.1, 0.15) is 10.9 Å². The van der Waals surface area contributed by atoms with Crippen LogP contribution in [0.5, 0.6) is 5.75 Å². The molecule has 0 aliphatic heterocycles. The lowest BCUT2D eigenvalue weighted by Gasteiger charge is -2.18. The van der Waals surface area contributed by atoms with Crippen molar-refractivity contribution in [2.45, 2.75) is 0 Å². The quantitative estimate of drug-likeness (QED) is 0.787. The third-order valence-corrected chi connectivity index (χ3v) is 3.52. The third kappa shape index (κ3) is 3.11. The van der Waals surface area contributed by atoms with Gasteiger partial charge in [0.05, 0.1) is 12.7 Å². The highest BCUT2D eigenvalue weighted by Gasteiger charge is 2.18. The number of anilines is 1. The number of ether oxygens (including phenoxy) is 1. The Morgan fingerprint density at radius 2 is 2.15 bits per heavy atom. The summed E-state index contributed by atoms with van der Waals surface area (Å²) >= 11 is 9.26. The Morgan fingerprint density at radius 1 is 1.40 bits per heavy atom. The average molecular weight is 356 g/mol. The Kier molecular flexibility index (Phi) is 4.62. The fourth-order valence-corrected chi connectivity index (χ4v) is 2.21. The van der Waals surface area contributed by atoms with Crippen molar-refractivity contribution < 1.29 is 9.53 Å². The van der Waals surface area contributed by atoms with Crippen molar-refractivity contribution in [3.05, 3.63) is 51.7 Å². The summed E-state index contributed by atoms with van der Waals surface area (Å²) in [5.41, 5.74) is 1.05. The van der Waals surface area contributed by atoms with Crippen molar-refractivity contribution in [2.75, 3.05) is 19.1 Å². The van der Waals surface area contributed by atoms with Crippen LogP contribution >= 0.6 is 27.5 Å². The number of hydrogen-bond donors (Lipinski definition) is 0. The summed E-state index contributed by atoms with van der Waals surface area (Å²) in [6.45, 7) is 0. The summed E-state index contributed by atoms with van der Waals surface area (Å²) < 4.78 is 5.85. The van der Waals surface area contributed by atoms with Crippen LogP contribution in [-0.2, 0) is 0 Å². The molecule has 0 aliphatic carbocycles. The van der Waals surface area contributed by atoms with Crippen molar-refractivity contribution in [2.24, 2.45) is 0 Å². The molecule has 20 heavy (non-hydrogen) atoms. The normalized spacial score (nSPS) is 10.2. The Bertz CT molecular complexity index is 649. The van der Waals surface area contributed by atoms with Crippen molar-refractivity contribution in [1.82, 2.24) is 4.98 Å². The molecule has 0 atom stereocenters. The predicted molar refractivity (Wildman–Crippen MR) is 82.7 cm³/mol. The summed E-state index contributed by atoms with van der Waals surface area (Å²) in [6, 6.07) is 8.87. The molecule has 2 aromatic rings. The minimum absolute atomic E-state index is 0.174. The van der Waals surface area contributed by atoms with E-state index >= 15 is 0 Å². The van der Waals surface area contributed by atoms with Gasteiger partial charge >= 0.3 is 0 Å². The Morgan fingerprint density at radius 3 is 2.85 bits per heavy atom. The van der Waals surface area contributed by atoms with E-state index in [-0.39, 0.29) is 11.1 Å². The number of pyridine rings is 1. The summed E-state index contributed by atoms with van der Waals surface area (Å²) in [5, 5.41) is 0.174. The molecule has 0 fully saturated rings. The van der Waals surface area contributed by atoms with Crippen LogP contribution in [0, 0.1) is 0 Å². The molecule has 104 valence electrons. The molecule has 0 spiro atoms. The minimum atomic E-state index is -0.239. The van der Waals surface area contributed by atoms with Gasteiger partial charge < -0.3 is 9.64 Å². The number of carbonyl (C=O) groups excluding carboxylic acids is 1. The Hall–Kier alpha value is -1.59. The van der Waals surface area contributed by atoms with E-state index in [1.165, 1.54) is 4.90 Å². The second-order valence-corrected chi connectivity index (χ2v) is 5.33. The van der Waals surface area contributed by atoms with Crippen LogP contribution in [0.15, 0.2) is 41.0 Å². The van der Waals surface area contributed by atoms with Crippen LogP contribution in [0.3, 0.4) is 0 Å². The van der Waals surface area contributed by atoms with Gasteiger partial charge in [-0.2, -0.15) is 0 Å². The highest BCUT2D eigenvalue weighted by molar-refractivity contribution is 9.10. The SMILES string of the molecule is COc1cccc(N(C)C(=O)c2cc(Br)cnc2Cl)c1. The standard InChI is InChI=1S/C14H12BrClN2O2/c1-18(10-4-3-5-11(7-10)20-2)14(19)12-6-9(15)8-17-13(12)16/h3-8H,1-2H3. The molecule has 2 rings (SSSR count). The van der Waals surface area contributed by atoms with Gasteiger partial charge in [0, 0.05) is 29.5 Å². The Balaban J connectivity index is 2.34. The number of carbonyl (C=O) groups is 1. The third-order valence-electron chi connectivity index (χ3n) is 2.78. The molecule has 1 amide bonds. The van der Waals surface area contributed by atoms with Gasteiger partial charge in [-0.15, -0.1) is 0 Å². The number of halogens is 2. The smallest absolute Gasteiger partial charge is 0.261 e. The Labute approximate surface area is 130 Å². The van der Waals surface area contributed by atoms with E-state index < -0.39 is 0 Å². The zero-order chi connectivity index (χ0) is 14.7. The van der Waals surface area contributed by atoms with Gasteiger partial charge in [-0.25, -0.2) is 4.98 Å². The van der Waals surface area contributed by atoms with Crippen LogP contribution < -0.4 is 9.64 Å². The number of methoxy groups -OCH3 is 1. The number of benzene rings is 1. The maximum absolute atomic E-state index is 12.5. The van der Waals surface area contributed by atoms with E-state index in [4.69, 9.17) is 16.3 Å². The highest BCUT2D eigenvalue weighted by atomic mass is 79.9. The van der Waals surface area contributed by atoms with E-state index in [9.17, 15) is 4.79 Å². The van der Waals surface area contributed by atoms with Crippen LogP contribution in [0.1, 0.15) is 10.4 Å². The number of aromatic nitrogens is 1. The van der Waals surface area contributed by atoms with E-state index in [1.807, 2.05) is 18.2 Å². The van der Waals surface area contributed by atoms with Crippen molar-refractivity contribution in [3.63, 3.8) is 0 Å². The molecule has 0 radical (unpaired) electrons. The van der Waals surface area contributed by atoms with Crippen molar-refractivity contribution in [3.8, 4) is 5.75 Å². The fraction of sp³-hybridized carbons (Fsp3) is 0.143. The molecule has 0 saturated carbocycles. The van der Waals surface area contributed by atoms with E-state index in [0.29, 0.717) is 21.5 Å². The zero-order valence-electron chi connectivity index (χ0n) is 10.9. The number of nitrogens with zero attached hydrogens (tertiary/aromatic N) is 2. The summed E-state index contributed by atoms with van der Waals surface area (Å²) in [5.74, 6) is 0.442. The molecule has 0 saturated heterocycles. The van der Waals surface area contributed by atoms with Gasteiger partial charge in [-0.3, -0.25) is 4.79 Å². The first kappa shape index (κ1) is 14.8. The lowest BCUT2D eigenvalue weighted by atomic mass is 10.2. The lowest BCUT2D eigenvalue weighted by molar-refractivity contribution is 0.0992. The summed E-state index contributed by atoms with van der Waals surface area (Å²) in [7, 11) is 3.25. The molecule has 0 bridgehead atoms. The molecule has 6 heteroatoms. The molecule has 0 unspecified atom stereocenters. The molecular weight excluding hydrogens is 344 g/mol. The van der Waals surface area contributed by atoms with Crippen LogP contribution in [0.2, 0.25) is 5.15 Å². The fourth-order valence-electron chi connectivity index (χ4n) is 1.69. The first-order valence-corrected chi connectivity index (χ1v) is 6.93. The molecule has 0 aliphatic rings. The topological polar surface area (TPSA) is 42.4 Å². The minimum Gasteiger partial charge on any atom is -0.497 e. The van der Waals surface area contributed by atoms with Crippen molar-refractivity contribution >= 4 is 39.1 Å². The van der Waals surface area contributed by atoms with Crippen molar-refractivity contribution in [1.29, 1.82) is 0 Å². The maximum atomic E-state index is 12.5. The van der Waals surface area contributed by atoms with Gasteiger partial charge in [0.15, 0.2) is 0 Å².